The van der Waals surface area contributed by atoms with E-state index in [-0.39, 0.29) is 18.8 Å². The van der Waals surface area contributed by atoms with Crippen LogP contribution in [0, 0.1) is 0 Å². The summed E-state index contributed by atoms with van der Waals surface area (Å²) in [6.45, 7) is 3.86. The molecule has 0 saturated heterocycles. The second-order valence-electron chi connectivity index (χ2n) is 3.23. The molecule has 0 aromatic heterocycles. The molecule has 4 nitrogen and oxygen atoms in total. The van der Waals surface area contributed by atoms with Gasteiger partial charge < -0.3 is 16.2 Å². The summed E-state index contributed by atoms with van der Waals surface area (Å²) in [4.78, 5) is 0. The monoisotopic (exact) mass is 199 g/mol. The lowest BCUT2D eigenvalue weighted by molar-refractivity contribution is 0.253. The van der Waals surface area contributed by atoms with Gasteiger partial charge in [0.05, 0.1) is 6.73 Å². The van der Waals surface area contributed by atoms with Crippen molar-refractivity contribution >= 4 is 0 Å². The van der Waals surface area contributed by atoms with E-state index in [2.05, 4.69) is 10.6 Å². The Morgan fingerprint density at radius 2 is 2.14 bits per heavy atom. The fourth-order valence-electron chi connectivity index (χ4n) is 1.03. The Morgan fingerprint density at radius 3 is 2.57 bits per heavy atom. The zero-order valence-electron chi connectivity index (χ0n) is 9.12. The Kier molecular flexibility index (Phi) is 7.10. The molecule has 0 aliphatic rings. The van der Waals surface area contributed by atoms with Crippen molar-refractivity contribution in [2.75, 3.05) is 13.8 Å². The highest BCUT2D eigenvalue weighted by atomic mass is 16.3. The topological polar surface area (TPSA) is 70.3 Å². The van der Waals surface area contributed by atoms with Gasteiger partial charge in [-0.05, 0) is 31.7 Å². The third-order valence-corrected chi connectivity index (χ3v) is 1.82. The highest BCUT2D eigenvalue weighted by Crippen LogP contribution is 2.03. The van der Waals surface area contributed by atoms with Crippen molar-refractivity contribution in [3.8, 4) is 0 Å². The molecule has 0 aliphatic heterocycles. The molecule has 0 aliphatic carbocycles. The van der Waals surface area contributed by atoms with Gasteiger partial charge in [0.15, 0.2) is 0 Å². The van der Waals surface area contributed by atoms with E-state index in [0.29, 0.717) is 0 Å². The summed E-state index contributed by atoms with van der Waals surface area (Å²) in [6.07, 6.45) is 5.76. The number of hydrogen-bond donors (Lipinski definition) is 4. The van der Waals surface area contributed by atoms with E-state index in [1.54, 1.807) is 0 Å². The summed E-state index contributed by atoms with van der Waals surface area (Å²) in [5.41, 5.74) is 6.82. The second-order valence-corrected chi connectivity index (χ2v) is 3.23. The van der Waals surface area contributed by atoms with Crippen LogP contribution in [-0.4, -0.2) is 31.0 Å². The molecule has 0 heterocycles. The van der Waals surface area contributed by atoms with Gasteiger partial charge >= 0.3 is 0 Å². The number of nitrogens with one attached hydrogen (secondary N) is 2. The largest absolute Gasteiger partial charge is 0.394 e. The van der Waals surface area contributed by atoms with Crippen molar-refractivity contribution in [3.05, 3.63) is 23.9 Å². The molecule has 4 heteroatoms. The molecule has 0 rings (SSSR count). The molecule has 5 N–H and O–H groups in total. The van der Waals surface area contributed by atoms with Crippen molar-refractivity contribution in [1.82, 2.24) is 10.6 Å². The molecule has 0 aromatic rings. The standard InChI is InChI=1S/C10H21N3O/c1-8(13-7-14)6-10(9(2)11)4-5-12-3/h4-6,8-9,12-14H,7,11H2,1-3H3/b5-4-,10-6+. The van der Waals surface area contributed by atoms with Crippen molar-refractivity contribution in [1.29, 1.82) is 0 Å². The maximum atomic E-state index is 8.66. The normalized spacial score (nSPS) is 17.1. The summed E-state index contributed by atoms with van der Waals surface area (Å²) < 4.78 is 0. The summed E-state index contributed by atoms with van der Waals surface area (Å²) in [5, 5.41) is 14.5. The van der Waals surface area contributed by atoms with Gasteiger partial charge in [-0.15, -0.1) is 0 Å². The molecule has 0 radical (unpaired) electrons. The first-order valence-electron chi connectivity index (χ1n) is 4.77. The minimum Gasteiger partial charge on any atom is -0.394 e. The third-order valence-electron chi connectivity index (χ3n) is 1.82. The van der Waals surface area contributed by atoms with Crippen LogP contribution in [-0.2, 0) is 0 Å². The molecule has 0 saturated carbocycles. The predicted octanol–water partition coefficient (Wildman–Crippen LogP) is -0.0790. The van der Waals surface area contributed by atoms with Gasteiger partial charge in [0.2, 0.25) is 0 Å². The van der Waals surface area contributed by atoms with Gasteiger partial charge in [-0.25, -0.2) is 0 Å². The lowest BCUT2D eigenvalue weighted by Gasteiger charge is -2.11. The van der Waals surface area contributed by atoms with Gasteiger partial charge in [0.25, 0.3) is 0 Å². The average molecular weight is 199 g/mol. The van der Waals surface area contributed by atoms with E-state index in [1.807, 2.05) is 39.2 Å². The highest BCUT2D eigenvalue weighted by Gasteiger charge is 2.02. The van der Waals surface area contributed by atoms with Crippen molar-refractivity contribution in [3.63, 3.8) is 0 Å². The first-order chi connectivity index (χ1) is 6.61. The maximum absolute atomic E-state index is 8.66. The highest BCUT2D eigenvalue weighted by molar-refractivity contribution is 5.24. The molecule has 0 aromatic carbocycles. The zero-order chi connectivity index (χ0) is 11.0. The van der Waals surface area contributed by atoms with Gasteiger partial charge in [-0.1, -0.05) is 6.08 Å². The van der Waals surface area contributed by atoms with Crippen LogP contribution in [0.15, 0.2) is 23.9 Å². The number of rotatable bonds is 6. The van der Waals surface area contributed by atoms with E-state index in [4.69, 9.17) is 10.8 Å². The third kappa shape index (κ3) is 5.75. The molecule has 0 fully saturated rings. The maximum Gasteiger partial charge on any atom is 0.0935 e. The van der Waals surface area contributed by atoms with Crippen molar-refractivity contribution < 1.29 is 5.11 Å². The fraction of sp³-hybridized carbons (Fsp3) is 0.600. The summed E-state index contributed by atoms with van der Waals surface area (Å²) >= 11 is 0. The lowest BCUT2D eigenvalue weighted by atomic mass is 10.1. The number of aliphatic hydroxyl groups excluding tert-OH is 1. The second kappa shape index (κ2) is 7.55. The first-order valence-corrected chi connectivity index (χ1v) is 4.77. The molecular weight excluding hydrogens is 178 g/mol. The molecule has 2 unspecified atom stereocenters. The first kappa shape index (κ1) is 13.2. The molecule has 0 spiro atoms. The van der Waals surface area contributed by atoms with Crippen LogP contribution in [0.5, 0.6) is 0 Å². The minimum absolute atomic E-state index is 0.0115. The predicted molar refractivity (Wildman–Crippen MR) is 59.6 cm³/mol. The van der Waals surface area contributed by atoms with Gasteiger partial charge in [-0.3, -0.25) is 5.32 Å². The average Bonchev–Trinajstić information content (AvgIpc) is 2.12. The van der Waals surface area contributed by atoms with E-state index in [9.17, 15) is 0 Å². The molecule has 14 heavy (non-hydrogen) atoms. The van der Waals surface area contributed by atoms with Crippen LogP contribution in [0.25, 0.3) is 0 Å². The van der Waals surface area contributed by atoms with Crippen LogP contribution in [0.3, 0.4) is 0 Å². The smallest absolute Gasteiger partial charge is 0.0935 e. The number of aliphatic hydroxyl groups is 1. The van der Waals surface area contributed by atoms with Crippen molar-refractivity contribution in [2.24, 2.45) is 5.73 Å². The van der Waals surface area contributed by atoms with Crippen LogP contribution in [0.2, 0.25) is 0 Å². The SMILES string of the molecule is CN/C=C\C(=C/C(C)NCO)C(C)N. The molecular formula is C10H21N3O. The number of nitrogens with two attached hydrogens (primary N) is 1. The minimum atomic E-state index is -0.0281. The summed E-state index contributed by atoms with van der Waals surface area (Å²) in [7, 11) is 1.84. The Hall–Kier alpha value is -0.840. The van der Waals surface area contributed by atoms with Crippen molar-refractivity contribution in [2.45, 2.75) is 25.9 Å². The van der Waals surface area contributed by atoms with E-state index in [1.165, 1.54) is 0 Å². The Morgan fingerprint density at radius 1 is 1.50 bits per heavy atom. The van der Waals surface area contributed by atoms with Gasteiger partial charge in [0, 0.05) is 19.1 Å². The lowest BCUT2D eigenvalue weighted by Crippen LogP contribution is -2.27. The molecule has 0 amide bonds. The summed E-state index contributed by atoms with van der Waals surface area (Å²) in [5.74, 6) is 0. The van der Waals surface area contributed by atoms with E-state index < -0.39 is 0 Å². The summed E-state index contributed by atoms with van der Waals surface area (Å²) in [6, 6.07) is 0.102. The molecule has 82 valence electrons. The van der Waals surface area contributed by atoms with Crippen LogP contribution >= 0.6 is 0 Å². The van der Waals surface area contributed by atoms with E-state index >= 15 is 0 Å². The Balaban J connectivity index is 4.39. The quantitative estimate of drug-likeness (QED) is 0.357. The number of hydrogen-bond acceptors (Lipinski definition) is 4. The van der Waals surface area contributed by atoms with Crippen LogP contribution < -0.4 is 16.4 Å². The fourth-order valence-corrected chi connectivity index (χ4v) is 1.03. The molecule has 2 atom stereocenters. The van der Waals surface area contributed by atoms with Crippen LogP contribution in [0.1, 0.15) is 13.8 Å². The Bertz CT molecular complexity index is 200. The van der Waals surface area contributed by atoms with Crippen LogP contribution in [0.4, 0.5) is 0 Å². The molecule has 0 bridgehead atoms. The van der Waals surface area contributed by atoms with E-state index in [0.717, 1.165) is 5.57 Å². The van der Waals surface area contributed by atoms with Gasteiger partial charge in [-0.2, -0.15) is 0 Å². The van der Waals surface area contributed by atoms with Gasteiger partial charge in [0.1, 0.15) is 0 Å². The Labute approximate surface area is 85.9 Å². The zero-order valence-corrected chi connectivity index (χ0v) is 9.12.